The fourth-order valence-electron chi connectivity index (χ4n) is 5.53. The lowest BCUT2D eigenvalue weighted by molar-refractivity contribution is 0.534. The van der Waals surface area contributed by atoms with Gasteiger partial charge in [0, 0.05) is 32.3 Å². The number of anilines is 4. The third-order valence-electron chi connectivity index (χ3n) is 6.78. The molecular weight excluding hydrogens is 432 g/mol. The van der Waals surface area contributed by atoms with Crippen molar-refractivity contribution in [3.05, 3.63) is 145 Å². The fourth-order valence-corrected chi connectivity index (χ4v) is 6.70. The monoisotopic (exact) mass is 454 g/mol. The van der Waals surface area contributed by atoms with Crippen molar-refractivity contribution in [1.82, 2.24) is 0 Å². The summed E-state index contributed by atoms with van der Waals surface area (Å²) in [6.07, 6.45) is 0. The highest BCUT2D eigenvalue weighted by molar-refractivity contribution is 7.99. The Labute approximate surface area is 204 Å². The maximum atomic E-state index is 2.53. The second-order valence-electron chi connectivity index (χ2n) is 8.60. The van der Waals surface area contributed by atoms with Crippen LogP contribution in [0.2, 0.25) is 0 Å². The zero-order valence-electron chi connectivity index (χ0n) is 18.5. The van der Waals surface area contributed by atoms with E-state index in [9.17, 15) is 0 Å². The van der Waals surface area contributed by atoms with E-state index in [0.717, 1.165) is 0 Å². The van der Waals surface area contributed by atoms with Gasteiger partial charge in [0.1, 0.15) is 0 Å². The van der Waals surface area contributed by atoms with Gasteiger partial charge in [0.15, 0.2) is 5.66 Å². The van der Waals surface area contributed by atoms with E-state index >= 15 is 0 Å². The van der Waals surface area contributed by atoms with Crippen LogP contribution in [0.1, 0.15) is 11.1 Å². The minimum absolute atomic E-state index is 0.565. The summed E-state index contributed by atoms with van der Waals surface area (Å²) in [5.74, 6) is 0. The third-order valence-corrected chi connectivity index (χ3v) is 7.94. The maximum absolute atomic E-state index is 2.53. The highest BCUT2D eigenvalue weighted by Crippen LogP contribution is 2.63. The lowest BCUT2D eigenvalue weighted by Gasteiger charge is -2.49. The molecule has 0 saturated heterocycles. The zero-order valence-corrected chi connectivity index (χ0v) is 19.3. The molecule has 5 aromatic rings. The summed E-state index contributed by atoms with van der Waals surface area (Å²) in [4.78, 5) is 7.64. The average Bonchev–Trinajstić information content (AvgIpc) is 3.21. The molecule has 2 nitrogen and oxygen atoms in total. The van der Waals surface area contributed by atoms with Crippen molar-refractivity contribution >= 4 is 34.5 Å². The molecule has 2 aliphatic rings. The van der Waals surface area contributed by atoms with E-state index in [1.807, 2.05) is 11.8 Å². The van der Waals surface area contributed by atoms with Crippen LogP contribution in [-0.2, 0) is 5.66 Å². The van der Waals surface area contributed by atoms with E-state index in [0.29, 0.717) is 0 Å². The van der Waals surface area contributed by atoms with Crippen LogP contribution in [0.3, 0.4) is 0 Å². The van der Waals surface area contributed by atoms with Gasteiger partial charge < -0.3 is 9.80 Å². The summed E-state index contributed by atoms with van der Waals surface area (Å²) in [6.45, 7) is 0. The first-order valence-corrected chi connectivity index (χ1v) is 12.4. The van der Waals surface area contributed by atoms with E-state index in [4.69, 9.17) is 0 Å². The number of rotatable bonds is 2. The molecule has 2 aliphatic heterocycles. The molecule has 162 valence electrons. The molecule has 5 aromatic carbocycles. The largest absolute Gasteiger partial charge is 0.308 e. The van der Waals surface area contributed by atoms with Gasteiger partial charge in [-0.15, -0.1) is 0 Å². The van der Waals surface area contributed by atoms with E-state index in [1.54, 1.807) is 0 Å². The van der Waals surface area contributed by atoms with Gasteiger partial charge in [0.05, 0.1) is 11.4 Å². The molecule has 0 unspecified atom stereocenters. The van der Waals surface area contributed by atoms with Gasteiger partial charge in [0.25, 0.3) is 0 Å². The van der Waals surface area contributed by atoms with Crippen LogP contribution in [0.5, 0.6) is 0 Å². The number of nitrogens with zero attached hydrogens (tertiary/aromatic N) is 2. The molecule has 0 aromatic heterocycles. The number of fused-ring (bicyclic) bond motifs is 5. The van der Waals surface area contributed by atoms with Crippen LogP contribution in [0, 0.1) is 0 Å². The summed E-state index contributed by atoms with van der Waals surface area (Å²) in [7, 11) is 0. The Bertz CT molecular complexity index is 1380. The Morgan fingerprint density at radius 3 is 1.26 bits per heavy atom. The molecule has 3 heteroatoms. The molecule has 0 saturated carbocycles. The molecule has 0 N–H and O–H groups in total. The summed E-state index contributed by atoms with van der Waals surface area (Å²) in [5, 5.41) is 0. The molecule has 2 heterocycles. The molecule has 0 radical (unpaired) electrons. The topological polar surface area (TPSA) is 6.48 Å². The number of hydrogen-bond donors (Lipinski definition) is 0. The number of benzene rings is 5. The SMILES string of the molecule is c1ccc(N2c3ccccc3N(c3ccccc3)C23c2ccccc2Sc2ccccc23)cc1. The second kappa shape index (κ2) is 7.54. The van der Waals surface area contributed by atoms with E-state index in [2.05, 4.69) is 143 Å². The van der Waals surface area contributed by atoms with E-state index < -0.39 is 5.66 Å². The Hall–Kier alpha value is -3.95. The molecule has 0 fully saturated rings. The molecule has 0 bridgehead atoms. The van der Waals surface area contributed by atoms with Gasteiger partial charge in [-0.25, -0.2) is 0 Å². The Kier molecular flexibility index (Phi) is 4.33. The average molecular weight is 455 g/mol. The maximum Gasteiger partial charge on any atom is 0.177 e. The summed E-state index contributed by atoms with van der Waals surface area (Å²) >= 11 is 1.86. The van der Waals surface area contributed by atoms with Crippen LogP contribution >= 0.6 is 11.8 Å². The molecule has 7 rings (SSSR count). The second-order valence-corrected chi connectivity index (χ2v) is 9.68. The first-order valence-electron chi connectivity index (χ1n) is 11.6. The van der Waals surface area contributed by atoms with Gasteiger partial charge in [-0.1, -0.05) is 96.7 Å². The van der Waals surface area contributed by atoms with Crippen molar-refractivity contribution in [1.29, 1.82) is 0 Å². The van der Waals surface area contributed by atoms with Crippen LogP contribution in [0.4, 0.5) is 22.7 Å². The van der Waals surface area contributed by atoms with Crippen LogP contribution in [0.15, 0.2) is 143 Å². The van der Waals surface area contributed by atoms with Crippen molar-refractivity contribution in [2.45, 2.75) is 15.5 Å². The molecule has 0 aliphatic carbocycles. The summed E-state index contributed by atoms with van der Waals surface area (Å²) in [6, 6.07) is 48.1. The smallest absolute Gasteiger partial charge is 0.177 e. The van der Waals surface area contributed by atoms with Crippen molar-refractivity contribution in [3.8, 4) is 0 Å². The Morgan fingerprint density at radius 2 is 0.794 bits per heavy atom. The van der Waals surface area contributed by atoms with Gasteiger partial charge >= 0.3 is 0 Å². The van der Waals surface area contributed by atoms with Crippen molar-refractivity contribution < 1.29 is 0 Å². The van der Waals surface area contributed by atoms with Gasteiger partial charge in [-0.2, -0.15) is 0 Å². The van der Waals surface area contributed by atoms with E-state index in [-0.39, 0.29) is 0 Å². The molecule has 1 spiro atoms. The first kappa shape index (κ1) is 19.5. The van der Waals surface area contributed by atoms with Gasteiger partial charge in [-0.3, -0.25) is 0 Å². The highest BCUT2D eigenvalue weighted by atomic mass is 32.2. The minimum Gasteiger partial charge on any atom is -0.308 e. The number of para-hydroxylation sites is 4. The molecule has 34 heavy (non-hydrogen) atoms. The molecular formula is C31H22N2S. The quantitative estimate of drug-likeness (QED) is 0.265. The first-order chi connectivity index (χ1) is 16.9. The van der Waals surface area contributed by atoms with Gasteiger partial charge in [0.2, 0.25) is 0 Å². The number of hydrogen-bond acceptors (Lipinski definition) is 3. The predicted molar refractivity (Wildman–Crippen MR) is 141 cm³/mol. The van der Waals surface area contributed by atoms with E-state index in [1.165, 1.54) is 43.7 Å². The fraction of sp³-hybridized carbons (Fsp3) is 0.0323. The normalized spacial score (nSPS) is 15.1. The van der Waals surface area contributed by atoms with Crippen molar-refractivity contribution in [2.24, 2.45) is 0 Å². The van der Waals surface area contributed by atoms with Crippen LogP contribution in [0.25, 0.3) is 0 Å². The molecule has 0 atom stereocenters. The van der Waals surface area contributed by atoms with Crippen LogP contribution < -0.4 is 9.80 Å². The zero-order chi connectivity index (χ0) is 22.5. The molecule has 0 amide bonds. The predicted octanol–water partition coefficient (Wildman–Crippen LogP) is 8.34. The van der Waals surface area contributed by atoms with Crippen molar-refractivity contribution in [2.75, 3.05) is 9.80 Å². The lowest BCUT2D eigenvalue weighted by Crippen LogP contribution is -2.53. The van der Waals surface area contributed by atoms with Crippen molar-refractivity contribution in [3.63, 3.8) is 0 Å². The highest BCUT2D eigenvalue weighted by Gasteiger charge is 2.56. The standard InChI is InChI=1S/C31H22N2S/c1-3-13-23(14-4-1)32-27-19-9-10-20-28(27)33(24-15-5-2-6-16-24)31(32)25-17-7-11-21-29(25)34-30-22-12-8-18-26(30)31/h1-22H. The Balaban J connectivity index is 1.68. The third kappa shape index (κ3) is 2.59. The van der Waals surface area contributed by atoms with Crippen LogP contribution in [-0.4, -0.2) is 0 Å². The van der Waals surface area contributed by atoms with Gasteiger partial charge in [-0.05, 0) is 48.5 Å². The minimum atomic E-state index is -0.565. The summed E-state index contributed by atoms with van der Waals surface area (Å²) < 4.78 is 0. The summed E-state index contributed by atoms with van der Waals surface area (Å²) in [5.41, 5.74) is 6.77. The lowest BCUT2D eigenvalue weighted by atomic mass is 9.87. The Morgan fingerprint density at radius 1 is 0.412 bits per heavy atom.